The molecule has 2 atom stereocenters. The minimum Gasteiger partial charge on any atom is -0.507 e. The highest BCUT2D eigenvalue weighted by molar-refractivity contribution is 7.98. The normalized spacial score (nSPS) is 21.0. The molecule has 3 N–H and O–H groups in total. The second kappa shape index (κ2) is 8.96. The molecule has 0 unspecified atom stereocenters. The fourth-order valence-corrected chi connectivity index (χ4v) is 3.66. The minimum absolute atomic E-state index is 0.0992. The second-order valence-electron chi connectivity index (χ2n) is 5.79. The Labute approximate surface area is 160 Å². The van der Waals surface area contributed by atoms with E-state index in [1.54, 1.807) is 6.92 Å². The fraction of sp³-hybridized carbons (Fsp3) is 0.471. The Kier molecular flexibility index (Phi) is 6.92. The highest BCUT2D eigenvalue weighted by atomic mass is 32.2. The Balaban J connectivity index is 2.44. The first-order valence-corrected chi connectivity index (χ1v) is 9.16. The average Bonchev–Trinajstić information content (AvgIpc) is 2.65. The third-order valence-electron chi connectivity index (χ3n) is 4.06. The summed E-state index contributed by atoms with van der Waals surface area (Å²) in [6.07, 6.45) is -1.66. The van der Waals surface area contributed by atoms with E-state index in [0.29, 0.717) is 16.9 Å². The number of carbonyl (C=O) groups excluding carboxylic acids is 3. The molecule has 10 heteroatoms. The van der Waals surface area contributed by atoms with Crippen LogP contribution in [0.25, 0.3) is 0 Å². The van der Waals surface area contributed by atoms with Crippen LogP contribution in [-0.4, -0.2) is 66.8 Å². The second-order valence-corrected chi connectivity index (χ2v) is 6.82. The van der Waals surface area contributed by atoms with Gasteiger partial charge in [0.05, 0.1) is 19.8 Å². The number of aliphatic hydroxyl groups is 1. The molecule has 1 aromatic carbocycles. The van der Waals surface area contributed by atoms with E-state index in [4.69, 9.17) is 9.47 Å². The molecule has 0 aromatic heterocycles. The van der Waals surface area contributed by atoms with Gasteiger partial charge in [0.25, 0.3) is 5.91 Å². The molecule has 0 spiro atoms. The molecule has 0 saturated heterocycles. The lowest BCUT2D eigenvalue weighted by Crippen LogP contribution is -2.48. The largest absolute Gasteiger partial charge is 0.507 e. The number of aliphatic hydroxyl groups excluding tert-OH is 1. The molecule has 1 aliphatic rings. The van der Waals surface area contributed by atoms with Crippen molar-refractivity contribution in [3.05, 3.63) is 22.8 Å². The predicted molar refractivity (Wildman–Crippen MR) is 95.8 cm³/mol. The Morgan fingerprint density at radius 2 is 2.07 bits per heavy atom. The first-order chi connectivity index (χ1) is 12.8. The van der Waals surface area contributed by atoms with Crippen molar-refractivity contribution in [1.29, 1.82) is 0 Å². The number of benzene rings is 1. The van der Waals surface area contributed by atoms with Gasteiger partial charge in [0.1, 0.15) is 24.1 Å². The SMILES string of the molecule is COC(=O)[C@H]1CSCc2c(O)cc(OC)c(C)c2C(=O)OC[C@H](O)C(=O)N1. The molecule has 0 fully saturated rings. The van der Waals surface area contributed by atoms with Gasteiger partial charge in [-0.2, -0.15) is 11.8 Å². The van der Waals surface area contributed by atoms with Crippen LogP contribution in [0.5, 0.6) is 11.5 Å². The highest BCUT2D eigenvalue weighted by Gasteiger charge is 2.29. The van der Waals surface area contributed by atoms with Crippen molar-refractivity contribution in [2.24, 2.45) is 0 Å². The lowest BCUT2D eigenvalue weighted by molar-refractivity contribution is -0.146. The van der Waals surface area contributed by atoms with Crippen LogP contribution in [0.15, 0.2) is 6.07 Å². The lowest BCUT2D eigenvalue weighted by Gasteiger charge is -2.21. The number of thioether (sulfide) groups is 1. The highest BCUT2D eigenvalue weighted by Crippen LogP contribution is 2.35. The summed E-state index contributed by atoms with van der Waals surface area (Å²) in [6.45, 7) is 1.03. The molecule has 2 rings (SSSR count). The summed E-state index contributed by atoms with van der Waals surface area (Å²) in [5.74, 6) is -1.90. The molecular formula is C17H21NO8S. The quantitative estimate of drug-likeness (QED) is 0.594. The zero-order valence-corrected chi connectivity index (χ0v) is 15.9. The van der Waals surface area contributed by atoms with Gasteiger partial charge in [-0.1, -0.05) is 0 Å². The molecule has 0 saturated carbocycles. The van der Waals surface area contributed by atoms with Crippen LogP contribution in [0, 0.1) is 6.92 Å². The summed E-state index contributed by atoms with van der Waals surface area (Å²) in [5.41, 5.74) is 0.867. The Bertz CT molecular complexity index is 751. The molecule has 0 aliphatic carbocycles. The number of rotatable bonds is 2. The van der Waals surface area contributed by atoms with Crippen LogP contribution in [-0.2, 0) is 24.8 Å². The summed E-state index contributed by atoms with van der Waals surface area (Å²) in [4.78, 5) is 36.4. The van der Waals surface area contributed by atoms with Crippen molar-refractivity contribution in [1.82, 2.24) is 5.32 Å². The monoisotopic (exact) mass is 399 g/mol. The van der Waals surface area contributed by atoms with Gasteiger partial charge in [-0.3, -0.25) is 4.79 Å². The summed E-state index contributed by atoms with van der Waals surface area (Å²) in [6, 6.07) is 0.393. The van der Waals surface area contributed by atoms with E-state index in [-0.39, 0.29) is 22.8 Å². The first-order valence-electron chi connectivity index (χ1n) is 8.00. The summed E-state index contributed by atoms with van der Waals surface area (Å²) in [7, 11) is 2.59. The average molecular weight is 399 g/mol. The standard InChI is InChI=1S/C17H21NO8S/c1-8-13(24-2)4-11(19)9-6-27-7-10(16(22)25-3)18-15(21)12(20)5-26-17(23)14(8)9/h4,10,12,19-20H,5-7H2,1-3H3,(H,18,21)/t10-,12+/m1/s1. The molecule has 148 valence electrons. The van der Waals surface area contributed by atoms with Gasteiger partial charge in [0.15, 0.2) is 6.10 Å². The predicted octanol–water partition coefficient (Wildman–Crippen LogP) is 0.132. The van der Waals surface area contributed by atoms with E-state index < -0.39 is 36.6 Å². The van der Waals surface area contributed by atoms with Gasteiger partial charge in [0.2, 0.25) is 0 Å². The number of nitrogens with one attached hydrogen (secondary N) is 1. The minimum atomic E-state index is -1.66. The van der Waals surface area contributed by atoms with Crippen LogP contribution in [0.1, 0.15) is 21.5 Å². The number of phenols is 1. The van der Waals surface area contributed by atoms with Crippen LogP contribution in [0.3, 0.4) is 0 Å². The third-order valence-corrected chi connectivity index (χ3v) is 5.12. The maximum absolute atomic E-state index is 12.5. The lowest BCUT2D eigenvalue weighted by atomic mass is 10.0. The molecule has 9 nitrogen and oxygen atoms in total. The van der Waals surface area contributed by atoms with Gasteiger partial charge < -0.3 is 29.7 Å². The number of hydrogen-bond acceptors (Lipinski definition) is 9. The zero-order valence-electron chi connectivity index (χ0n) is 15.1. The van der Waals surface area contributed by atoms with Crippen molar-refractivity contribution < 1.29 is 38.8 Å². The van der Waals surface area contributed by atoms with Gasteiger partial charge >= 0.3 is 11.9 Å². The van der Waals surface area contributed by atoms with E-state index in [1.165, 1.54) is 32.0 Å². The maximum atomic E-state index is 12.5. The maximum Gasteiger partial charge on any atom is 0.339 e. The molecular weight excluding hydrogens is 378 g/mol. The van der Waals surface area contributed by atoms with Crippen LogP contribution < -0.4 is 10.1 Å². The van der Waals surface area contributed by atoms with Crippen LogP contribution in [0.4, 0.5) is 0 Å². The van der Waals surface area contributed by atoms with Crippen LogP contribution >= 0.6 is 11.8 Å². The number of aromatic hydroxyl groups is 1. The Morgan fingerprint density at radius 1 is 1.37 bits per heavy atom. The number of esters is 2. The molecule has 27 heavy (non-hydrogen) atoms. The zero-order chi connectivity index (χ0) is 20.1. The van der Waals surface area contributed by atoms with Crippen molar-refractivity contribution in [3.63, 3.8) is 0 Å². The summed E-state index contributed by atoms with van der Waals surface area (Å²) in [5, 5.41) is 22.6. The first kappa shape index (κ1) is 20.8. The van der Waals surface area contributed by atoms with E-state index >= 15 is 0 Å². The smallest absolute Gasteiger partial charge is 0.339 e. The molecule has 0 radical (unpaired) electrons. The number of phenolic OH excluding ortho intramolecular Hbond substituents is 1. The van der Waals surface area contributed by atoms with Gasteiger partial charge in [-0.25, -0.2) is 9.59 Å². The number of fused-ring (bicyclic) bond motifs is 1. The van der Waals surface area contributed by atoms with E-state index in [9.17, 15) is 24.6 Å². The molecule has 1 aromatic rings. The van der Waals surface area contributed by atoms with E-state index in [0.717, 1.165) is 0 Å². The molecule has 1 heterocycles. The topological polar surface area (TPSA) is 131 Å². The molecule has 1 amide bonds. The number of carbonyl (C=O) groups is 3. The Morgan fingerprint density at radius 3 is 2.70 bits per heavy atom. The molecule has 1 aliphatic heterocycles. The number of hydrogen-bond donors (Lipinski definition) is 3. The summed E-state index contributed by atoms with van der Waals surface area (Å²) >= 11 is 1.20. The summed E-state index contributed by atoms with van der Waals surface area (Å²) < 4.78 is 14.9. The van der Waals surface area contributed by atoms with Crippen molar-refractivity contribution in [2.45, 2.75) is 24.8 Å². The van der Waals surface area contributed by atoms with E-state index in [1.807, 2.05) is 0 Å². The van der Waals surface area contributed by atoms with Gasteiger partial charge in [-0.05, 0) is 6.92 Å². The molecule has 0 bridgehead atoms. The van der Waals surface area contributed by atoms with Crippen molar-refractivity contribution in [3.8, 4) is 11.5 Å². The number of cyclic esters (lactones) is 1. The van der Waals surface area contributed by atoms with E-state index in [2.05, 4.69) is 10.1 Å². The number of amides is 1. The van der Waals surface area contributed by atoms with Crippen LogP contribution in [0.2, 0.25) is 0 Å². The van der Waals surface area contributed by atoms with Gasteiger partial charge in [-0.15, -0.1) is 0 Å². The van der Waals surface area contributed by atoms with Crippen molar-refractivity contribution in [2.75, 3.05) is 26.6 Å². The van der Waals surface area contributed by atoms with Gasteiger partial charge in [0, 0.05) is 28.7 Å². The Hall–Kier alpha value is -2.46. The van der Waals surface area contributed by atoms with Crippen molar-refractivity contribution >= 4 is 29.6 Å². The number of methoxy groups -OCH3 is 2. The fourth-order valence-electron chi connectivity index (χ4n) is 2.59. The third kappa shape index (κ3) is 4.64. The number of ether oxygens (including phenoxy) is 3.